The van der Waals surface area contributed by atoms with E-state index in [-0.39, 0.29) is 157 Å². The minimum absolute atomic E-state index is 0.00344. The molecule has 24 bridgehead atoms. The summed E-state index contributed by atoms with van der Waals surface area (Å²) in [5.74, 6) is -1.47. The van der Waals surface area contributed by atoms with Gasteiger partial charge < -0.3 is 79.4 Å². The van der Waals surface area contributed by atoms with Crippen molar-refractivity contribution in [2.24, 2.45) is 17.8 Å². The minimum Gasteiger partial charge on any atom is -0.446 e. The van der Waals surface area contributed by atoms with Crippen molar-refractivity contribution in [3.05, 3.63) is 121 Å². The van der Waals surface area contributed by atoms with E-state index in [1.807, 2.05) is 41.5 Å². The lowest BCUT2D eigenvalue weighted by Crippen LogP contribution is -2.32. The van der Waals surface area contributed by atoms with Crippen molar-refractivity contribution < 1.29 is 77.3 Å². The highest BCUT2D eigenvalue weighted by Gasteiger charge is 2.33. The van der Waals surface area contributed by atoms with Gasteiger partial charge in [0.15, 0.2) is 68.3 Å². The van der Waals surface area contributed by atoms with E-state index in [0.717, 1.165) is 6.26 Å². The van der Waals surface area contributed by atoms with Crippen LogP contribution in [-0.4, -0.2) is 95.1 Å². The molecule has 0 aromatic carbocycles. The summed E-state index contributed by atoms with van der Waals surface area (Å²) in [6.45, 7) is 10.8. The monoisotopic (exact) mass is 1190 g/mol. The molecular formula is C54H44N16O17. The first kappa shape index (κ1) is 54.6. The number of aliphatic hydroxyl groups excluding tert-OH is 1. The molecule has 442 valence electrons. The number of oxazole rings is 12. The molecule has 4 unspecified atom stereocenters. The van der Waals surface area contributed by atoms with E-state index >= 15 is 0 Å². The zero-order valence-electron chi connectivity index (χ0n) is 46.0. The van der Waals surface area contributed by atoms with Crippen LogP contribution >= 0.6 is 0 Å². The first-order valence-corrected chi connectivity index (χ1v) is 26.4. The Morgan fingerprint density at radius 1 is 0.299 bits per heavy atom. The normalized spacial score (nSPS) is 17.0. The number of hydrogen-bond acceptors (Lipinski definition) is 29. The third-order valence-corrected chi connectivity index (χ3v) is 13.2. The van der Waals surface area contributed by atoms with Gasteiger partial charge in [-0.3, -0.25) is 19.2 Å². The number of carbonyl (C=O) groups excluding carboxylic acids is 4. The summed E-state index contributed by atoms with van der Waals surface area (Å²) in [7, 11) is 0. The van der Waals surface area contributed by atoms with Gasteiger partial charge in [0, 0.05) is 0 Å². The molecule has 0 fully saturated rings. The molecule has 0 radical (unpaired) electrons. The maximum absolute atomic E-state index is 13.1. The second kappa shape index (κ2) is 22.2. The van der Waals surface area contributed by atoms with Gasteiger partial charge in [0.05, 0.1) is 6.61 Å². The number of amides is 4. The molecule has 0 saturated heterocycles. The highest BCUT2D eigenvalue weighted by Crippen LogP contribution is 2.33. The fraction of sp³-hybridized carbons (Fsp3) is 0.259. The van der Waals surface area contributed by atoms with E-state index in [1.54, 1.807) is 0 Å². The number of nitrogens with one attached hydrogen (secondary N) is 4. The molecule has 33 heteroatoms. The van der Waals surface area contributed by atoms with Crippen LogP contribution < -0.4 is 21.3 Å². The quantitative estimate of drug-likeness (QED) is 0.111. The predicted octanol–water partition coefficient (Wildman–Crippen LogP) is 8.04. The van der Waals surface area contributed by atoms with E-state index in [1.165, 1.54) is 68.9 Å². The largest absolute Gasteiger partial charge is 0.446 e. The van der Waals surface area contributed by atoms with Crippen molar-refractivity contribution in [2.45, 2.75) is 65.7 Å². The summed E-state index contributed by atoms with van der Waals surface area (Å²) in [6, 6.07) is -2.93. The Labute approximate surface area is 484 Å². The van der Waals surface area contributed by atoms with Crippen LogP contribution in [0.4, 0.5) is 0 Å². The van der Waals surface area contributed by atoms with Crippen molar-refractivity contribution in [1.29, 1.82) is 0 Å². The number of rotatable bonds is 4. The van der Waals surface area contributed by atoms with Gasteiger partial charge in [-0.15, -0.1) is 0 Å². The highest BCUT2D eigenvalue weighted by molar-refractivity contribution is 5.94. The van der Waals surface area contributed by atoms with Crippen molar-refractivity contribution >= 4 is 23.6 Å². The van der Waals surface area contributed by atoms with Crippen LogP contribution in [0.3, 0.4) is 0 Å². The number of carbonyl (C=O) groups is 4. The summed E-state index contributed by atoms with van der Waals surface area (Å²) in [5.41, 5.74) is 1.73. The van der Waals surface area contributed by atoms with Crippen LogP contribution in [0.15, 0.2) is 128 Å². The van der Waals surface area contributed by atoms with Crippen LogP contribution in [0.5, 0.6) is 0 Å². The van der Waals surface area contributed by atoms with Crippen molar-refractivity contribution in [3.63, 3.8) is 0 Å². The fourth-order valence-corrected chi connectivity index (χ4v) is 8.68. The lowest BCUT2D eigenvalue weighted by molar-refractivity contribution is 0.0895. The number of hydrogen-bond donors (Lipinski definition) is 5. The Bertz CT molecular complexity index is 4330. The summed E-state index contributed by atoms with van der Waals surface area (Å²) in [5, 5.41) is 21.1. The Morgan fingerprint density at radius 2 is 0.494 bits per heavy atom. The van der Waals surface area contributed by atoms with Crippen LogP contribution in [0.2, 0.25) is 0 Å². The molecule has 12 aromatic rings. The average Bonchev–Trinajstić information content (AvgIpc) is 2.60. The molecule has 2 aliphatic rings. The van der Waals surface area contributed by atoms with Gasteiger partial charge in [-0.25, -0.2) is 59.8 Å². The van der Waals surface area contributed by atoms with Gasteiger partial charge >= 0.3 is 0 Å². The van der Waals surface area contributed by atoms with Crippen LogP contribution in [0.1, 0.15) is 131 Å². The number of aromatic nitrogens is 12. The fourth-order valence-electron chi connectivity index (χ4n) is 8.68. The van der Waals surface area contributed by atoms with Gasteiger partial charge in [0.2, 0.25) is 70.7 Å². The summed E-state index contributed by atoms with van der Waals surface area (Å²) >= 11 is 0. The predicted molar refractivity (Wildman–Crippen MR) is 282 cm³/mol. The van der Waals surface area contributed by atoms with Gasteiger partial charge in [-0.05, 0) is 17.8 Å². The first-order valence-electron chi connectivity index (χ1n) is 26.4. The Hall–Kier alpha value is -11.6. The Balaban J connectivity index is 0.000000161. The van der Waals surface area contributed by atoms with Gasteiger partial charge in [0.1, 0.15) is 99.3 Å². The minimum atomic E-state index is -1.04. The molecule has 0 saturated carbocycles. The van der Waals surface area contributed by atoms with Crippen LogP contribution in [0.25, 0.3) is 92.7 Å². The Kier molecular flexibility index (Phi) is 13.9. The SMILES string of the molecule is CC(C)C1NC(=O)c2coc(n2)-c2coc(n2)-c2coc(n2)C(C(C)C)NC(=O)c2coc(n2)-c2coc(n2)-c2coc1n2.CC(C)C1NC(=O)c2coc(n2)-c2coc(n2)-c2coc(n2)C(CO)NC(=O)c2coc(n2)-c2coc(n2)-c2coc1n2. The summed E-state index contributed by atoms with van der Waals surface area (Å²) in [4.78, 5) is 104. The zero-order chi connectivity index (χ0) is 60.2. The average molecular weight is 1190 g/mol. The summed E-state index contributed by atoms with van der Waals surface area (Å²) < 4.78 is 66.7. The molecular weight excluding hydrogens is 1140 g/mol. The number of aliphatic hydroxyl groups is 1. The molecule has 4 atom stereocenters. The lowest BCUT2D eigenvalue weighted by atomic mass is 10.0. The van der Waals surface area contributed by atoms with E-state index < -0.39 is 54.4 Å². The second-order valence-corrected chi connectivity index (χ2v) is 20.4. The molecule has 87 heavy (non-hydrogen) atoms. The topological polar surface area (TPSA) is 449 Å². The van der Waals surface area contributed by atoms with E-state index in [2.05, 4.69) is 81.1 Å². The van der Waals surface area contributed by atoms with Gasteiger partial charge in [-0.2, -0.15) is 0 Å². The second-order valence-electron chi connectivity index (χ2n) is 20.4. The molecule has 0 aliphatic carbocycles. The highest BCUT2D eigenvalue weighted by atomic mass is 16.4. The number of fused-ring (bicyclic) bond motifs is 32. The van der Waals surface area contributed by atoms with Gasteiger partial charge in [0.25, 0.3) is 23.6 Å². The third-order valence-electron chi connectivity index (χ3n) is 13.2. The van der Waals surface area contributed by atoms with Crippen LogP contribution in [-0.2, 0) is 0 Å². The van der Waals surface area contributed by atoms with E-state index in [0.29, 0.717) is 0 Å². The molecule has 12 aromatic heterocycles. The molecule has 14 rings (SSSR count). The van der Waals surface area contributed by atoms with Crippen molar-refractivity contribution in [2.75, 3.05) is 6.61 Å². The van der Waals surface area contributed by atoms with Crippen molar-refractivity contribution in [3.8, 4) is 92.7 Å². The number of nitrogens with zero attached hydrogens (tertiary/aromatic N) is 12. The third kappa shape index (κ3) is 10.7. The maximum Gasteiger partial charge on any atom is 0.273 e. The van der Waals surface area contributed by atoms with E-state index in [9.17, 15) is 24.3 Å². The molecule has 33 nitrogen and oxygen atoms in total. The van der Waals surface area contributed by atoms with Crippen molar-refractivity contribution in [1.82, 2.24) is 81.1 Å². The summed E-state index contributed by atoms with van der Waals surface area (Å²) in [6.07, 6.45) is 15.2. The van der Waals surface area contributed by atoms with Gasteiger partial charge in [-0.1, -0.05) is 41.5 Å². The molecule has 0 spiro atoms. The molecule has 14 heterocycles. The smallest absolute Gasteiger partial charge is 0.273 e. The van der Waals surface area contributed by atoms with E-state index in [4.69, 9.17) is 53.0 Å². The standard InChI is InChI=1S/C28H24N8O8.C26H20N8O9/c1-11(2)19-27-33-17(9-43-27)25-31-16(7-41-25)24-30-14(6-40-24)22(38)36-20(12(3)4)28-34-18(10-44-28)26-32-15(8-42-26)23-29-13(5-39-23)21(37)35-19;1-10(2)18-26-33-17(9-43-26)25-32-14(8-42-25)22-28-12(4-38-22)19(36)27-11(3-35)21-30-16(6-40-21)24-31-15(7-41-24)23-29-13(5-39-23)20(37)34-18/h5-12,19-20H,1-4H3,(H,35,37)(H,36,38);4-11,18,35H,3H2,1-2H3,(H,27,36)(H,34,37). The zero-order valence-corrected chi connectivity index (χ0v) is 46.0. The van der Waals surface area contributed by atoms with Crippen LogP contribution in [0, 0.1) is 17.8 Å². The first-order chi connectivity index (χ1) is 42.1. The lowest BCUT2D eigenvalue weighted by Gasteiger charge is -2.18. The Morgan fingerprint density at radius 3 is 0.747 bits per heavy atom. The molecule has 4 amide bonds. The molecule has 2 aliphatic heterocycles. The maximum atomic E-state index is 13.1. The molecule has 5 N–H and O–H groups in total.